The fraction of sp³-hybridized carbons (Fsp3) is 0.286. The monoisotopic (exact) mass is 260 g/mol. The van der Waals surface area contributed by atoms with Gasteiger partial charge in [0, 0.05) is 23.7 Å². The van der Waals surface area contributed by atoms with Crippen molar-refractivity contribution in [3.8, 4) is 0 Å². The molecule has 0 N–H and O–H groups in total. The quantitative estimate of drug-likeness (QED) is 0.824. The number of benzene rings is 1. The normalized spacial score (nSPS) is 10.3. The van der Waals surface area contributed by atoms with Gasteiger partial charge < -0.3 is 4.90 Å². The number of carbonyl (C=O) groups is 1. The van der Waals surface area contributed by atoms with Crippen LogP contribution < -0.4 is 4.90 Å². The van der Waals surface area contributed by atoms with Gasteiger partial charge in [-0.05, 0) is 18.6 Å². The molecule has 0 saturated carbocycles. The lowest BCUT2D eigenvalue weighted by Gasteiger charge is -2.21. The topological polar surface area (TPSA) is 33.2 Å². The summed E-state index contributed by atoms with van der Waals surface area (Å²) in [6, 6.07) is 9.77. The summed E-state index contributed by atoms with van der Waals surface area (Å²) in [4.78, 5) is 18.2. The van der Waals surface area contributed by atoms with E-state index in [1.54, 1.807) is 17.5 Å². The standard InChI is InChI=1S/C14H16N2OS/c1-2-6-14(17)16(11-13-15-9-10-18-13)12-7-4-3-5-8-12/h3-5,7-10H,2,6,11H2,1H3. The Hall–Kier alpha value is -1.68. The van der Waals surface area contributed by atoms with E-state index < -0.39 is 0 Å². The highest BCUT2D eigenvalue weighted by Gasteiger charge is 2.15. The Balaban J connectivity index is 2.20. The summed E-state index contributed by atoms with van der Waals surface area (Å²) in [6.45, 7) is 2.57. The van der Waals surface area contributed by atoms with Crippen LogP contribution in [-0.4, -0.2) is 10.9 Å². The molecule has 0 aliphatic carbocycles. The maximum absolute atomic E-state index is 12.2. The summed E-state index contributed by atoms with van der Waals surface area (Å²) < 4.78 is 0. The number of hydrogen-bond acceptors (Lipinski definition) is 3. The number of para-hydroxylation sites is 1. The van der Waals surface area contributed by atoms with Crippen LogP contribution in [0.4, 0.5) is 5.69 Å². The molecule has 0 unspecified atom stereocenters. The van der Waals surface area contributed by atoms with Crippen molar-refractivity contribution in [3.63, 3.8) is 0 Å². The molecule has 1 aromatic heterocycles. The van der Waals surface area contributed by atoms with Gasteiger partial charge in [-0.25, -0.2) is 4.98 Å². The Kier molecular flexibility index (Phi) is 4.47. The molecule has 0 fully saturated rings. The smallest absolute Gasteiger partial charge is 0.227 e. The lowest BCUT2D eigenvalue weighted by Crippen LogP contribution is -2.29. The zero-order chi connectivity index (χ0) is 12.8. The Morgan fingerprint density at radius 3 is 2.72 bits per heavy atom. The number of carbonyl (C=O) groups excluding carboxylic acids is 1. The van der Waals surface area contributed by atoms with Gasteiger partial charge in [-0.3, -0.25) is 4.79 Å². The number of amides is 1. The molecule has 0 atom stereocenters. The first kappa shape index (κ1) is 12.8. The molecule has 4 heteroatoms. The van der Waals surface area contributed by atoms with Crippen LogP contribution in [0.15, 0.2) is 41.9 Å². The van der Waals surface area contributed by atoms with Crippen molar-refractivity contribution in [2.75, 3.05) is 4.90 Å². The molecule has 94 valence electrons. The van der Waals surface area contributed by atoms with Crippen LogP contribution in [0.1, 0.15) is 24.8 Å². The van der Waals surface area contributed by atoms with E-state index >= 15 is 0 Å². The molecule has 18 heavy (non-hydrogen) atoms. The Labute approximate surface area is 111 Å². The summed E-state index contributed by atoms with van der Waals surface area (Å²) in [5.41, 5.74) is 0.936. The molecule has 3 nitrogen and oxygen atoms in total. The van der Waals surface area contributed by atoms with Crippen LogP contribution in [0.5, 0.6) is 0 Å². The third-order valence-electron chi connectivity index (χ3n) is 2.61. The number of rotatable bonds is 5. The van der Waals surface area contributed by atoms with Gasteiger partial charge >= 0.3 is 0 Å². The van der Waals surface area contributed by atoms with Gasteiger partial charge in [0.25, 0.3) is 0 Å². The minimum Gasteiger partial charge on any atom is -0.306 e. The van der Waals surface area contributed by atoms with Crippen molar-refractivity contribution < 1.29 is 4.79 Å². The van der Waals surface area contributed by atoms with Gasteiger partial charge in [0.05, 0.1) is 6.54 Å². The van der Waals surface area contributed by atoms with Gasteiger partial charge in [0.2, 0.25) is 5.91 Å². The van der Waals surface area contributed by atoms with Crippen molar-refractivity contribution in [1.29, 1.82) is 0 Å². The molecular formula is C14H16N2OS. The Bertz CT molecular complexity index is 482. The van der Waals surface area contributed by atoms with Crippen LogP contribution in [-0.2, 0) is 11.3 Å². The molecule has 1 heterocycles. The molecular weight excluding hydrogens is 244 g/mol. The summed E-state index contributed by atoms with van der Waals surface area (Å²) in [5, 5.41) is 2.89. The fourth-order valence-electron chi connectivity index (χ4n) is 1.75. The molecule has 0 aliphatic rings. The fourth-order valence-corrected chi connectivity index (χ4v) is 2.35. The molecule has 2 aromatic rings. The van der Waals surface area contributed by atoms with E-state index in [1.165, 1.54) is 0 Å². The predicted octanol–water partition coefficient (Wildman–Crippen LogP) is 3.48. The Morgan fingerprint density at radius 2 is 2.11 bits per heavy atom. The second kappa shape index (κ2) is 6.31. The van der Waals surface area contributed by atoms with E-state index in [2.05, 4.69) is 4.98 Å². The zero-order valence-electron chi connectivity index (χ0n) is 10.4. The maximum Gasteiger partial charge on any atom is 0.227 e. The minimum absolute atomic E-state index is 0.152. The number of aromatic nitrogens is 1. The number of thiazole rings is 1. The SMILES string of the molecule is CCCC(=O)N(Cc1nccs1)c1ccccc1. The highest BCUT2D eigenvalue weighted by Crippen LogP contribution is 2.19. The van der Waals surface area contributed by atoms with E-state index in [9.17, 15) is 4.79 Å². The highest BCUT2D eigenvalue weighted by atomic mass is 32.1. The molecule has 0 spiro atoms. The molecule has 0 aliphatic heterocycles. The predicted molar refractivity (Wildman–Crippen MR) is 74.7 cm³/mol. The van der Waals surface area contributed by atoms with E-state index in [0.29, 0.717) is 13.0 Å². The lowest BCUT2D eigenvalue weighted by atomic mass is 10.2. The van der Waals surface area contributed by atoms with E-state index in [1.807, 2.05) is 47.5 Å². The second-order valence-corrected chi connectivity index (χ2v) is 4.97. The first-order valence-corrected chi connectivity index (χ1v) is 6.93. The van der Waals surface area contributed by atoms with Crippen molar-refractivity contribution in [2.45, 2.75) is 26.3 Å². The third kappa shape index (κ3) is 3.17. The van der Waals surface area contributed by atoms with Crippen molar-refractivity contribution in [3.05, 3.63) is 46.9 Å². The largest absolute Gasteiger partial charge is 0.306 e. The summed E-state index contributed by atoms with van der Waals surface area (Å²) in [6.07, 6.45) is 3.20. The minimum atomic E-state index is 0.152. The van der Waals surface area contributed by atoms with E-state index in [0.717, 1.165) is 17.1 Å². The molecule has 2 rings (SSSR count). The van der Waals surface area contributed by atoms with Crippen LogP contribution in [0.2, 0.25) is 0 Å². The molecule has 1 aromatic carbocycles. The van der Waals surface area contributed by atoms with Gasteiger partial charge in [-0.1, -0.05) is 25.1 Å². The highest BCUT2D eigenvalue weighted by molar-refractivity contribution is 7.09. The lowest BCUT2D eigenvalue weighted by molar-refractivity contribution is -0.118. The van der Waals surface area contributed by atoms with Crippen molar-refractivity contribution in [1.82, 2.24) is 4.98 Å². The van der Waals surface area contributed by atoms with Gasteiger partial charge in [0.15, 0.2) is 0 Å². The van der Waals surface area contributed by atoms with E-state index in [-0.39, 0.29) is 5.91 Å². The zero-order valence-corrected chi connectivity index (χ0v) is 11.2. The van der Waals surface area contributed by atoms with Crippen molar-refractivity contribution >= 4 is 22.9 Å². The molecule has 1 amide bonds. The first-order valence-electron chi connectivity index (χ1n) is 6.05. The third-order valence-corrected chi connectivity index (χ3v) is 3.37. The average molecular weight is 260 g/mol. The van der Waals surface area contributed by atoms with Gasteiger partial charge in [0.1, 0.15) is 5.01 Å². The number of hydrogen-bond donors (Lipinski definition) is 0. The van der Waals surface area contributed by atoms with Crippen LogP contribution >= 0.6 is 11.3 Å². The Morgan fingerprint density at radius 1 is 1.33 bits per heavy atom. The molecule has 0 radical (unpaired) electrons. The van der Waals surface area contributed by atoms with E-state index in [4.69, 9.17) is 0 Å². The van der Waals surface area contributed by atoms with Crippen LogP contribution in [0.3, 0.4) is 0 Å². The number of nitrogens with zero attached hydrogens (tertiary/aromatic N) is 2. The summed E-state index contributed by atoms with van der Waals surface area (Å²) >= 11 is 1.58. The number of anilines is 1. The van der Waals surface area contributed by atoms with Crippen LogP contribution in [0.25, 0.3) is 0 Å². The molecule has 0 saturated heterocycles. The first-order chi connectivity index (χ1) is 8.81. The average Bonchev–Trinajstić information content (AvgIpc) is 2.90. The maximum atomic E-state index is 12.2. The van der Waals surface area contributed by atoms with Gasteiger partial charge in [-0.2, -0.15) is 0 Å². The van der Waals surface area contributed by atoms with Gasteiger partial charge in [-0.15, -0.1) is 11.3 Å². The summed E-state index contributed by atoms with van der Waals surface area (Å²) in [5.74, 6) is 0.152. The summed E-state index contributed by atoms with van der Waals surface area (Å²) in [7, 11) is 0. The van der Waals surface area contributed by atoms with Crippen LogP contribution in [0, 0.1) is 0 Å². The molecule has 0 bridgehead atoms. The second-order valence-electron chi connectivity index (χ2n) is 3.99. The van der Waals surface area contributed by atoms with Crippen molar-refractivity contribution in [2.24, 2.45) is 0 Å².